The molecule has 3 atom stereocenters. The number of nitrogens with one attached hydrogen (secondary N) is 1. The maximum Gasteiger partial charge on any atom is 0.332 e. The van der Waals surface area contributed by atoms with Crippen LogP contribution in [0.25, 0.3) is 10.4 Å². The van der Waals surface area contributed by atoms with E-state index in [2.05, 4.69) is 15.0 Å². The summed E-state index contributed by atoms with van der Waals surface area (Å²) < 4.78 is 24.8. The van der Waals surface area contributed by atoms with Gasteiger partial charge in [0.25, 0.3) is 5.56 Å². The average molecular weight is 660 g/mol. The second-order valence-electron chi connectivity index (χ2n) is 9.31. The number of hydrogen-bond donors (Lipinski definition) is 1. The highest BCUT2D eigenvalue weighted by Crippen LogP contribution is 2.42. The van der Waals surface area contributed by atoms with E-state index >= 15 is 0 Å². The first-order valence-corrected chi connectivity index (χ1v) is 16.6. The molecular formula is C28H30N5O8PS2. The number of benzene rings is 2. The Morgan fingerprint density at radius 2 is 1.57 bits per heavy atom. The molecule has 4 rings (SSSR count). The van der Waals surface area contributed by atoms with Crippen LogP contribution in [0, 0.1) is 6.92 Å². The Bertz CT molecular complexity index is 1510. The Morgan fingerprint density at radius 1 is 1.00 bits per heavy atom. The third-order valence-electron chi connectivity index (χ3n) is 6.25. The fraction of sp³-hybridized carbons (Fsp3) is 0.357. The number of azide groups is 1. The van der Waals surface area contributed by atoms with Crippen molar-refractivity contribution in [2.24, 2.45) is 5.11 Å². The standard InChI is InChI=1S/C28H30N5O8PS2/c1-19-17-33(28(37)30-25(19)34)24-16-22(31-32-29)23(41-24)18-40-42(38-12-14-43-26(35)20-8-4-2-5-9-20)39-13-15-44-27(36)21-10-6-3-7-11-21/h2-11,17,22-24H,12-16,18H2,1H3,(H,30,34,37)/t22-,23+,24+/m0/s1. The molecule has 1 fully saturated rings. The summed E-state index contributed by atoms with van der Waals surface area (Å²) in [6.07, 6.45) is 0.0373. The minimum Gasteiger partial charge on any atom is -0.352 e. The van der Waals surface area contributed by atoms with Crippen molar-refractivity contribution < 1.29 is 27.9 Å². The van der Waals surface area contributed by atoms with Crippen LogP contribution in [-0.2, 0) is 18.3 Å². The number of hydrogen-bond acceptors (Lipinski definition) is 11. The summed E-state index contributed by atoms with van der Waals surface area (Å²) in [5, 5.41) is 3.63. The largest absolute Gasteiger partial charge is 0.352 e. The van der Waals surface area contributed by atoms with Crippen molar-refractivity contribution >= 4 is 42.4 Å². The predicted molar refractivity (Wildman–Crippen MR) is 169 cm³/mol. The highest BCUT2D eigenvalue weighted by molar-refractivity contribution is 8.14. The summed E-state index contributed by atoms with van der Waals surface area (Å²) in [7, 11) is -1.94. The first-order chi connectivity index (χ1) is 21.4. The summed E-state index contributed by atoms with van der Waals surface area (Å²) >= 11 is 2.20. The van der Waals surface area contributed by atoms with Crippen molar-refractivity contribution in [3.63, 3.8) is 0 Å². The maximum absolute atomic E-state index is 12.4. The number of H-pyrrole nitrogens is 1. The molecular weight excluding hydrogens is 629 g/mol. The lowest BCUT2D eigenvalue weighted by Gasteiger charge is -2.21. The van der Waals surface area contributed by atoms with Crippen LogP contribution in [0.3, 0.4) is 0 Å². The van der Waals surface area contributed by atoms with Crippen molar-refractivity contribution in [1.82, 2.24) is 9.55 Å². The van der Waals surface area contributed by atoms with E-state index in [-0.39, 0.29) is 36.5 Å². The quantitative estimate of drug-likeness (QED) is 0.0747. The molecule has 1 aromatic heterocycles. The molecule has 0 aliphatic carbocycles. The third-order valence-corrected chi connectivity index (χ3v) is 9.13. The first kappa shape index (κ1) is 33.6. The Labute approximate surface area is 262 Å². The van der Waals surface area contributed by atoms with E-state index in [1.165, 1.54) is 10.8 Å². The van der Waals surface area contributed by atoms with E-state index in [9.17, 15) is 19.2 Å². The van der Waals surface area contributed by atoms with Gasteiger partial charge in [-0.05, 0) is 12.5 Å². The average Bonchev–Trinajstić information content (AvgIpc) is 3.44. The fourth-order valence-electron chi connectivity index (χ4n) is 4.08. The monoisotopic (exact) mass is 659 g/mol. The number of aromatic amines is 1. The van der Waals surface area contributed by atoms with Gasteiger partial charge in [0.2, 0.25) is 10.2 Å². The predicted octanol–water partition coefficient (Wildman–Crippen LogP) is 5.24. The van der Waals surface area contributed by atoms with Crippen LogP contribution in [0.15, 0.2) is 81.6 Å². The summed E-state index contributed by atoms with van der Waals surface area (Å²) in [5.41, 5.74) is 9.44. The van der Waals surface area contributed by atoms with Gasteiger partial charge in [0.05, 0.1) is 32.0 Å². The first-order valence-electron chi connectivity index (χ1n) is 13.5. The second-order valence-corrected chi connectivity index (χ2v) is 12.7. The molecule has 1 N–H and O–H groups in total. The molecule has 0 unspecified atom stereocenters. The molecule has 3 aromatic rings. The number of thioether (sulfide) groups is 2. The van der Waals surface area contributed by atoms with Crippen LogP contribution >= 0.6 is 32.1 Å². The molecule has 0 spiro atoms. The van der Waals surface area contributed by atoms with Crippen molar-refractivity contribution in [3.05, 3.63) is 115 Å². The van der Waals surface area contributed by atoms with Crippen LogP contribution in [-0.4, -0.2) is 63.3 Å². The number of rotatable bonds is 15. The summed E-state index contributed by atoms with van der Waals surface area (Å²) in [6, 6.07) is 17.1. The van der Waals surface area contributed by atoms with E-state index in [0.29, 0.717) is 28.2 Å². The van der Waals surface area contributed by atoms with Crippen LogP contribution < -0.4 is 11.2 Å². The lowest BCUT2D eigenvalue weighted by atomic mass is 10.1. The van der Waals surface area contributed by atoms with E-state index in [4.69, 9.17) is 23.8 Å². The number of nitrogens with zero attached hydrogens (tertiary/aromatic N) is 4. The molecule has 0 amide bonds. The molecule has 0 radical (unpaired) electrons. The van der Waals surface area contributed by atoms with Crippen LogP contribution in [0.1, 0.15) is 38.9 Å². The van der Waals surface area contributed by atoms with Gasteiger partial charge in [0, 0.05) is 45.7 Å². The molecule has 1 aliphatic heterocycles. The molecule has 0 bridgehead atoms. The SMILES string of the molecule is Cc1cn([C@H]2C[C@H](N=[N+]=[N-])[C@@H](COP(OCCSC(=O)c3ccccc3)OCCSC(=O)c3ccccc3)O2)c(=O)[nH]c1=O. The van der Waals surface area contributed by atoms with Crippen LogP contribution in [0.2, 0.25) is 0 Å². The highest BCUT2D eigenvalue weighted by atomic mass is 32.2. The van der Waals surface area contributed by atoms with E-state index in [1.807, 2.05) is 12.1 Å². The Kier molecular flexibility index (Phi) is 13.2. The van der Waals surface area contributed by atoms with Gasteiger partial charge in [-0.25, -0.2) is 4.79 Å². The van der Waals surface area contributed by atoms with Crippen LogP contribution in [0.4, 0.5) is 0 Å². The zero-order valence-electron chi connectivity index (χ0n) is 23.6. The van der Waals surface area contributed by atoms with Gasteiger partial charge in [0.1, 0.15) is 6.23 Å². The van der Waals surface area contributed by atoms with E-state index in [1.54, 1.807) is 55.5 Å². The molecule has 16 heteroatoms. The molecule has 2 aromatic carbocycles. The van der Waals surface area contributed by atoms with Crippen molar-refractivity contribution in [1.29, 1.82) is 0 Å². The third kappa shape index (κ3) is 9.88. The minimum absolute atomic E-state index is 0.0881. The molecule has 13 nitrogen and oxygen atoms in total. The Balaban J connectivity index is 1.34. The van der Waals surface area contributed by atoms with E-state index < -0.39 is 38.2 Å². The highest BCUT2D eigenvalue weighted by Gasteiger charge is 2.37. The number of carbonyl (C=O) groups is 2. The number of ether oxygens (including phenoxy) is 1. The topological polar surface area (TPSA) is 175 Å². The van der Waals surface area contributed by atoms with Crippen LogP contribution in [0.5, 0.6) is 0 Å². The normalized spacial score (nSPS) is 17.8. The molecule has 2 heterocycles. The summed E-state index contributed by atoms with van der Waals surface area (Å²) in [4.78, 5) is 54.1. The van der Waals surface area contributed by atoms with Gasteiger partial charge in [0.15, 0.2) is 0 Å². The number of aryl methyl sites for hydroxylation is 1. The lowest BCUT2D eigenvalue weighted by Crippen LogP contribution is -2.33. The zero-order valence-corrected chi connectivity index (χ0v) is 26.2. The van der Waals surface area contributed by atoms with Crippen molar-refractivity contribution in [2.75, 3.05) is 31.3 Å². The Morgan fingerprint density at radius 3 is 2.11 bits per heavy atom. The Hall–Kier alpha value is -3.26. The molecule has 0 saturated carbocycles. The smallest absolute Gasteiger partial charge is 0.332 e. The maximum atomic E-state index is 12.4. The van der Waals surface area contributed by atoms with Crippen molar-refractivity contribution in [2.45, 2.75) is 31.7 Å². The van der Waals surface area contributed by atoms with E-state index in [0.717, 1.165) is 23.5 Å². The minimum atomic E-state index is -1.94. The van der Waals surface area contributed by atoms with Gasteiger partial charge in [-0.15, -0.1) is 0 Å². The van der Waals surface area contributed by atoms with Crippen molar-refractivity contribution in [3.8, 4) is 0 Å². The molecule has 44 heavy (non-hydrogen) atoms. The van der Waals surface area contributed by atoms with Gasteiger partial charge < -0.3 is 18.3 Å². The van der Waals surface area contributed by atoms with Gasteiger partial charge in [-0.1, -0.05) is 89.3 Å². The molecule has 232 valence electrons. The van der Waals surface area contributed by atoms with Gasteiger partial charge in [-0.2, -0.15) is 0 Å². The number of carbonyl (C=O) groups excluding carboxylic acids is 2. The van der Waals surface area contributed by atoms with Gasteiger partial charge >= 0.3 is 14.3 Å². The molecule has 1 saturated heterocycles. The lowest BCUT2D eigenvalue weighted by molar-refractivity contribution is -0.0259. The fourth-order valence-corrected chi connectivity index (χ4v) is 6.61. The molecule has 1 aliphatic rings. The zero-order chi connectivity index (χ0) is 31.3. The summed E-state index contributed by atoms with van der Waals surface area (Å²) in [6.45, 7) is 1.76. The number of aromatic nitrogens is 2. The van der Waals surface area contributed by atoms with Gasteiger partial charge in [-0.3, -0.25) is 23.9 Å². The second kappa shape index (κ2) is 17.3. The summed E-state index contributed by atoms with van der Waals surface area (Å²) in [5.74, 6) is 0.691.